The van der Waals surface area contributed by atoms with Crippen LogP contribution >= 0.6 is 0 Å². The molecular weight excluding hydrogens is 430 g/mol. The molecule has 4 aliphatic carbocycles. The molecule has 3 N–H and O–H groups in total. The molecule has 3 unspecified atom stereocenters. The molecule has 7 heteroatoms. The van der Waals surface area contributed by atoms with Crippen LogP contribution in [0.3, 0.4) is 0 Å². The van der Waals surface area contributed by atoms with E-state index < -0.39 is 5.41 Å². The minimum atomic E-state index is -0.681. The van der Waals surface area contributed by atoms with Gasteiger partial charge in [-0.1, -0.05) is 12.1 Å². The predicted octanol–water partition coefficient (Wildman–Crippen LogP) is 2.47. The number of rotatable bonds is 8. The number of ether oxygens (including phenoxy) is 2. The Labute approximate surface area is 202 Å². The number of primary amides is 1. The SMILES string of the molecule is CC(C)(C(=O)NC1[C@@H]2CC3C[C@H]1CC(C(N)=O)(C3)C2)c1cccc(OCCN2CCOCC2)c1. The fourth-order valence-electron chi connectivity index (χ4n) is 7.12. The van der Waals surface area contributed by atoms with Crippen molar-refractivity contribution in [1.82, 2.24) is 10.2 Å². The van der Waals surface area contributed by atoms with Crippen LogP contribution in [-0.2, 0) is 19.7 Å². The van der Waals surface area contributed by atoms with Gasteiger partial charge in [-0.3, -0.25) is 14.5 Å². The third-order valence-electron chi connectivity index (χ3n) is 9.00. The first-order valence-corrected chi connectivity index (χ1v) is 12.9. The van der Waals surface area contributed by atoms with Gasteiger partial charge in [-0.25, -0.2) is 0 Å². The van der Waals surface area contributed by atoms with E-state index in [9.17, 15) is 9.59 Å². The number of nitrogens with two attached hydrogens (primary N) is 1. The molecular formula is C27H39N3O4. The van der Waals surface area contributed by atoms with Gasteiger partial charge >= 0.3 is 0 Å². The van der Waals surface area contributed by atoms with Gasteiger partial charge in [0.15, 0.2) is 0 Å². The first-order chi connectivity index (χ1) is 16.3. The van der Waals surface area contributed by atoms with E-state index >= 15 is 0 Å². The van der Waals surface area contributed by atoms with E-state index in [0.29, 0.717) is 24.4 Å². The van der Waals surface area contributed by atoms with Crippen LogP contribution in [0.15, 0.2) is 24.3 Å². The van der Waals surface area contributed by atoms with Gasteiger partial charge in [-0.2, -0.15) is 0 Å². The third kappa shape index (κ3) is 4.44. The zero-order chi connectivity index (χ0) is 23.9. The molecule has 1 aromatic rings. The van der Waals surface area contributed by atoms with E-state index in [1.165, 1.54) is 0 Å². The van der Waals surface area contributed by atoms with Crippen molar-refractivity contribution >= 4 is 11.8 Å². The molecule has 0 aromatic heterocycles. The first kappa shape index (κ1) is 23.6. The highest BCUT2D eigenvalue weighted by atomic mass is 16.5. The fourth-order valence-corrected chi connectivity index (χ4v) is 7.12. The Morgan fingerprint density at radius 2 is 1.88 bits per heavy atom. The molecule has 0 radical (unpaired) electrons. The summed E-state index contributed by atoms with van der Waals surface area (Å²) in [6.45, 7) is 8.91. The Bertz CT molecular complexity index is 910. The molecule has 4 saturated carbocycles. The summed E-state index contributed by atoms with van der Waals surface area (Å²) in [6.07, 6.45) is 4.80. The topological polar surface area (TPSA) is 93.9 Å². The normalized spacial score (nSPS) is 33.0. The van der Waals surface area contributed by atoms with E-state index in [4.69, 9.17) is 15.2 Å². The number of carbonyl (C=O) groups is 2. The van der Waals surface area contributed by atoms with Crippen LogP contribution in [0.2, 0.25) is 0 Å². The highest BCUT2D eigenvalue weighted by Gasteiger charge is 2.58. The lowest BCUT2D eigenvalue weighted by Crippen LogP contribution is -2.63. The van der Waals surface area contributed by atoms with Crippen LogP contribution in [0.1, 0.15) is 51.5 Å². The molecule has 186 valence electrons. The smallest absolute Gasteiger partial charge is 0.230 e. The molecule has 1 aliphatic heterocycles. The molecule has 5 aliphatic rings. The first-order valence-electron chi connectivity index (χ1n) is 12.9. The van der Waals surface area contributed by atoms with Crippen LogP contribution in [-0.4, -0.2) is 62.2 Å². The number of benzene rings is 1. The summed E-state index contributed by atoms with van der Waals surface area (Å²) < 4.78 is 11.4. The monoisotopic (exact) mass is 469 g/mol. The number of carbonyl (C=O) groups excluding carboxylic acids is 2. The minimum absolute atomic E-state index is 0.0450. The molecule has 1 heterocycles. The van der Waals surface area contributed by atoms with E-state index in [0.717, 1.165) is 76.3 Å². The lowest BCUT2D eigenvalue weighted by molar-refractivity contribution is -0.148. The van der Waals surface area contributed by atoms with E-state index in [-0.39, 0.29) is 23.3 Å². The molecule has 4 bridgehead atoms. The zero-order valence-electron chi connectivity index (χ0n) is 20.6. The summed E-state index contributed by atoms with van der Waals surface area (Å²) >= 11 is 0. The zero-order valence-corrected chi connectivity index (χ0v) is 20.6. The Morgan fingerprint density at radius 3 is 2.56 bits per heavy atom. The van der Waals surface area contributed by atoms with Crippen LogP contribution in [0, 0.1) is 23.2 Å². The second-order valence-corrected chi connectivity index (χ2v) is 11.6. The maximum atomic E-state index is 13.5. The van der Waals surface area contributed by atoms with Crippen LogP contribution < -0.4 is 15.8 Å². The lowest BCUT2D eigenvalue weighted by atomic mass is 9.47. The summed E-state index contributed by atoms with van der Waals surface area (Å²) in [5.41, 5.74) is 5.76. The Hall–Kier alpha value is -2.12. The molecule has 1 saturated heterocycles. The maximum Gasteiger partial charge on any atom is 0.230 e. The standard InChI is InChI=1S/C27H39N3O4/c1-26(2,21-4-3-5-22(14-21)34-11-8-30-6-9-33-10-7-30)25(32)29-23-19-12-18-13-20(23)17-27(15-18,16-19)24(28)31/h3-5,14,18-20,23H,6-13,15-17H2,1-2H3,(H2,28,31)(H,29,32)/t18?,19-,20+,23?,27?. The van der Waals surface area contributed by atoms with Crippen molar-refractivity contribution in [1.29, 1.82) is 0 Å². The molecule has 34 heavy (non-hydrogen) atoms. The van der Waals surface area contributed by atoms with Crippen molar-refractivity contribution < 1.29 is 19.1 Å². The average molecular weight is 470 g/mol. The second-order valence-electron chi connectivity index (χ2n) is 11.6. The molecule has 0 spiro atoms. The fraction of sp³-hybridized carbons (Fsp3) is 0.704. The summed E-state index contributed by atoms with van der Waals surface area (Å²) in [5.74, 6) is 2.00. The van der Waals surface area contributed by atoms with Gasteiger partial charge < -0.3 is 20.5 Å². The van der Waals surface area contributed by atoms with Gasteiger partial charge in [-0.05, 0) is 81.4 Å². The number of morpholine rings is 1. The number of amides is 2. The molecule has 1 aromatic carbocycles. The van der Waals surface area contributed by atoms with E-state index in [1.807, 2.05) is 38.1 Å². The molecule has 5 fully saturated rings. The van der Waals surface area contributed by atoms with Crippen LogP contribution in [0.25, 0.3) is 0 Å². The van der Waals surface area contributed by atoms with E-state index in [2.05, 4.69) is 10.2 Å². The van der Waals surface area contributed by atoms with Gasteiger partial charge in [0.1, 0.15) is 12.4 Å². The van der Waals surface area contributed by atoms with E-state index in [1.54, 1.807) is 0 Å². The number of nitrogens with zero attached hydrogens (tertiary/aromatic N) is 1. The number of hydrogen-bond donors (Lipinski definition) is 2. The number of hydrogen-bond acceptors (Lipinski definition) is 5. The largest absolute Gasteiger partial charge is 0.492 e. The van der Waals surface area contributed by atoms with Crippen molar-refractivity contribution in [2.24, 2.45) is 28.9 Å². The minimum Gasteiger partial charge on any atom is -0.492 e. The Balaban J connectivity index is 1.21. The van der Waals surface area contributed by atoms with Gasteiger partial charge in [0, 0.05) is 31.1 Å². The maximum absolute atomic E-state index is 13.5. The summed E-state index contributed by atoms with van der Waals surface area (Å²) in [6, 6.07) is 8.07. The lowest BCUT2D eigenvalue weighted by Gasteiger charge is -2.59. The van der Waals surface area contributed by atoms with Gasteiger partial charge in [0.25, 0.3) is 0 Å². The van der Waals surface area contributed by atoms with Crippen molar-refractivity contribution in [3.63, 3.8) is 0 Å². The molecule has 2 amide bonds. The van der Waals surface area contributed by atoms with Gasteiger partial charge in [0.05, 0.1) is 18.6 Å². The quantitative estimate of drug-likeness (QED) is 0.610. The highest BCUT2D eigenvalue weighted by molar-refractivity contribution is 5.88. The average Bonchev–Trinajstić information content (AvgIpc) is 2.81. The van der Waals surface area contributed by atoms with Crippen LogP contribution in [0.5, 0.6) is 5.75 Å². The highest BCUT2D eigenvalue weighted by Crippen LogP contribution is 2.60. The summed E-state index contributed by atoms with van der Waals surface area (Å²) in [7, 11) is 0. The van der Waals surface area contributed by atoms with Gasteiger partial charge in [-0.15, -0.1) is 0 Å². The summed E-state index contributed by atoms with van der Waals surface area (Å²) in [4.78, 5) is 28.1. The molecule has 5 atom stereocenters. The Morgan fingerprint density at radius 1 is 1.18 bits per heavy atom. The predicted molar refractivity (Wildman–Crippen MR) is 129 cm³/mol. The van der Waals surface area contributed by atoms with Crippen molar-refractivity contribution in [3.8, 4) is 5.75 Å². The van der Waals surface area contributed by atoms with Crippen molar-refractivity contribution in [3.05, 3.63) is 29.8 Å². The molecule has 6 rings (SSSR count). The number of nitrogens with one attached hydrogen (secondary N) is 1. The molecule has 7 nitrogen and oxygen atoms in total. The summed E-state index contributed by atoms with van der Waals surface area (Å²) in [5, 5.41) is 3.41. The van der Waals surface area contributed by atoms with Crippen LogP contribution in [0.4, 0.5) is 0 Å². The third-order valence-corrected chi connectivity index (χ3v) is 9.00. The van der Waals surface area contributed by atoms with Gasteiger partial charge in [0.2, 0.25) is 11.8 Å². The Kier molecular flexibility index (Phi) is 6.36. The van der Waals surface area contributed by atoms with Crippen molar-refractivity contribution in [2.45, 2.75) is 57.4 Å². The van der Waals surface area contributed by atoms with Crippen molar-refractivity contribution in [2.75, 3.05) is 39.5 Å². The second kappa shape index (κ2) is 9.15.